The normalized spacial score (nSPS) is 16.4. The van der Waals surface area contributed by atoms with Crippen LogP contribution >= 0.6 is 0 Å². The van der Waals surface area contributed by atoms with Gasteiger partial charge in [-0.25, -0.2) is 4.39 Å². The Balaban J connectivity index is 2.19. The van der Waals surface area contributed by atoms with Crippen LogP contribution in [0.4, 0.5) is 4.39 Å². The fraction of sp³-hybridized carbons (Fsp3) is 0.357. The van der Waals surface area contributed by atoms with Crippen molar-refractivity contribution in [1.29, 1.82) is 0 Å². The Morgan fingerprint density at radius 2 is 1.94 bits per heavy atom. The van der Waals surface area contributed by atoms with Gasteiger partial charge in [0.2, 0.25) is 0 Å². The highest BCUT2D eigenvalue weighted by molar-refractivity contribution is 5.94. The minimum atomic E-state index is -0.470. The van der Waals surface area contributed by atoms with Crippen LogP contribution < -0.4 is 0 Å². The Labute approximate surface area is 106 Å². The number of halogens is 1. The van der Waals surface area contributed by atoms with Crippen LogP contribution in [-0.2, 0) is 0 Å². The molecule has 0 radical (unpaired) electrons. The molecule has 94 valence electrons. The smallest absolute Gasteiger partial charge is 0.254 e. The summed E-state index contributed by atoms with van der Waals surface area (Å²) >= 11 is 0. The summed E-state index contributed by atoms with van der Waals surface area (Å²) in [4.78, 5) is 16.1. The average Bonchev–Trinajstić information content (AvgIpc) is 2.38. The first-order chi connectivity index (χ1) is 8.60. The molecule has 1 aliphatic heterocycles. The van der Waals surface area contributed by atoms with Gasteiger partial charge in [0.05, 0.1) is 0 Å². The molecule has 0 N–H and O–H groups in total. The van der Waals surface area contributed by atoms with Gasteiger partial charge < -0.3 is 9.80 Å². The van der Waals surface area contributed by atoms with Crippen LogP contribution in [-0.4, -0.2) is 48.9 Å². The van der Waals surface area contributed by atoms with Crippen molar-refractivity contribution < 1.29 is 9.18 Å². The van der Waals surface area contributed by atoms with Crippen molar-refractivity contribution in [3.63, 3.8) is 0 Å². The molecule has 1 saturated heterocycles. The highest BCUT2D eigenvalue weighted by atomic mass is 19.1. The number of carbonyl (C=O) groups excluding carboxylic acids is 1. The van der Waals surface area contributed by atoms with Crippen LogP contribution in [0.3, 0.4) is 0 Å². The zero-order valence-electron chi connectivity index (χ0n) is 10.3. The second-order valence-electron chi connectivity index (χ2n) is 4.47. The van der Waals surface area contributed by atoms with E-state index in [4.69, 9.17) is 6.42 Å². The maximum Gasteiger partial charge on any atom is 0.254 e. The molecule has 0 aliphatic carbocycles. The fourth-order valence-corrected chi connectivity index (χ4v) is 1.99. The standard InChI is InChI=1S/C14H15FN2O/c1-3-11-8-12(10-13(15)9-11)14(18)17-6-4-16(2)5-7-17/h1,8-10H,4-7H2,2H3. The van der Waals surface area contributed by atoms with Crippen molar-refractivity contribution >= 4 is 5.91 Å². The first-order valence-electron chi connectivity index (χ1n) is 5.85. The number of benzene rings is 1. The molecule has 0 aromatic heterocycles. The van der Waals surface area contributed by atoms with E-state index >= 15 is 0 Å². The lowest BCUT2D eigenvalue weighted by molar-refractivity contribution is 0.0663. The molecule has 1 heterocycles. The molecule has 2 rings (SSSR count). The van der Waals surface area contributed by atoms with E-state index in [1.807, 2.05) is 7.05 Å². The molecular formula is C14H15FN2O. The van der Waals surface area contributed by atoms with Gasteiger partial charge in [0, 0.05) is 37.3 Å². The summed E-state index contributed by atoms with van der Waals surface area (Å²) in [5.41, 5.74) is 0.722. The van der Waals surface area contributed by atoms with Crippen molar-refractivity contribution in [1.82, 2.24) is 9.80 Å². The van der Waals surface area contributed by atoms with Crippen LogP contribution in [0, 0.1) is 18.2 Å². The third-order valence-electron chi connectivity index (χ3n) is 3.10. The van der Waals surface area contributed by atoms with Crippen molar-refractivity contribution in [3.8, 4) is 12.3 Å². The van der Waals surface area contributed by atoms with E-state index in [1.165, 1.54) is 12.1 Å². The number of hydrogen-bond acceptors (Lipinski definition) is 2. The number of rotatable bonds is 1. The summed E-state index contributed by atoms with van der Waals surface area (Å²) in [7, 11) is 2.01. The first kappa shape index (κ1) is 12.6. The van der Waals surface area contributed by atoms with E-state index in [2.05, 4.69) is 10.8 Å². The molecule has 0 unspecified atom stereocenters. The fourth-order valence-electron chi connectivity index (χ4n) is 1.99. The van der Waals surface area contributed by atoms with E-state index in [0.29, 0.717) is 24.2 Å². The van der Waals surface area contributed by atoms with Gasteiger partial charge in [0.15, 0.2) is 0 Å². The summed E-state index contributed by atoms with van der Waals surface area (Å²) in [5, 5.41) is 0. The third-order valence-corrected chi connectivity index (χ3v) is 3.10. The molecule has 1 amide bonds. The van der Waals surface area contributed by atoms with Crippen molar-refractivity contribution in [2.45, 2.75) is 0 Å². The lowest BCUT2D eigenvalue weighted by Gasteiger charge is -2.32. The molecule has 0 bridgehead atoms. The van der Waals surface area contributed by atoms with Crippen LogP contribution in [0.2, 0.25) is 0 Å². The monoisotopic (exact) mass is 246 g/mol. The number of amides is 1. The topological polar surface area (TPSA) is 23.6 Å². The molecular weight excluding hydrogens is 231 g/mol. The lowest BCUT2D eigenvalue weighted by Crippen LogP contribution is -2.47. The van der Waals surface area contributed by atoms with Gasteiger partial charge in [-0.3, -0.25) is 4.79 Å². The van der Waals surface area contributed by atoms with Crippen LogP contribution in [0.5, 0.6) is 0 Å². The minimum absolute atomic E-state index is 0.154. The molecule has 0 atom stereocenters. The Morgan fingerprint density at radius 1 is 1.28 bits per heavy atom. The summed E-state index contributed by atoms with van der Waals surface area (Å²) in [6.45, 7) is 3.00. The molecule has 1 aliphatic rings. The number of piperazine rings is 1. The molecule has 0 saturated carbocycles. The van der Waals surface area contributed by atoms with Gasteiger partial charge in [-0.05, 0) is 25.2 Å². The molecule has 4 heteroatoms. The van der Waals surface area contributed by atoms with E-state index in [-0.39, 0.29) is 5.91 Å². The van der Waals surface area contributed by atoms with Gasteiger partial charge in [-0.15, -0.1) is 6.42 Å². The summed E-state index contributed by atoms with van der Waals surface area (Å²) in [5.74, 6) is 1.73. The van der Waals surface area contributed by atoms with Crippen LogP contribution in [0.1, 0.15) is 15.9 Å². The highest BCUT2D eigenvalue weighted by Gasteiger charge is 2.20. The minimum Gasteiger partial charge on any atom is -0.336 e. The van der Waals surface area contributed by atoms with Gasteiger partial charge in [0.1, 0.15) is 5.82 Å². The quantitative estimate of drug-likeness (QED) is 0.695. The maximum absolute atomic E-state index is 13.3. The van der Waals surface area contributed by atoms with E-state index in [9.17, 15) is 9.18 Å². The van der Waals surface area contributed by atoms with E-state index < -0.39 is 5.82 Å². The Kier molecular flexibility index (Phi) is 3.63. The number of likely N-dealkylation sites (N-methyl/N-ethyl adjacent to an activating group) is 1. The van der Waals surface area contributed by atoms with Crippen molar-refractivity contribution in [3.05, 3.63) is 35.1 Å². The number of terminal acetylenes is 1. The summed E-state index contributed by atoms with van der Waals surface area (Å²) in [6.07, 6.45) is 5.24. The zero-order valence-corrected chi connectivity index (χ0v) is 10.3. The highest BCUT2D eigenvalue weighted by Crippen LogP contribution is 2.12. The number of carbonyl (C=O) groups is 1. The third kappa shape index (κ3) is 2.69. The van der Waals surface area contributed by atoms with Gasteiger partial charge >= 0.3 is 0 Å². The van der Waals surface area contributed by atoms with Gasteiger partial charge in [-0.2, -0.15) is 0 Å². The SMILES string of the molecule is C#Cc1cc(F)cc(C(=O)N2CCN(C)CC2)c1. The molecule has 1 aromatic carbocycles. The van der Waals surface area contributed by atoms with Gasteiger partial charge in [-0.1, -0.05) is 5.92 Å². The number of nitrogens with zero attached hydrogens (tertiary/aromatic N) is 2. The zero-order chi connectivity index (χ0) is 13.1. The average molecular weight is 246 g/mol. The molecule has 0 spiro atoms. The Bertz CT molecular complexity index is 499. The molecule has 1 aromatic rings. The number of hydrogen-bond donors (Lipinski definition) is 0. The molecule has 1 fully saturated rings. The van der Waals surface area contributed by atoms with Gasteiger partial charge in [0.25, 0.3) is 5.91 Å². The first-order valence-corrected chi connectivity index (χ1v) is 5.85. The predicted octanol–water partition coefficient (Wildman–Crippen LogP) is 1.19. The Morgan fingerprint density at radius 3 is 2.56 bits per heavy atom. The molecule has 18 heavy (non-hydrogen) atoms. The largest absolute Gasteiger partial charge is 0.336 e. The van der Waals surface area contributed by atoms with Crippen molar-refractivity contribution in [2.75, 3.05) is 33.2 Å². The predicted molar refractivity (Wildman–Crippen MR) is 67.7 cm³/mol. The second kappa shape index (κ2) is 5.19. The molecule has 3 nitrogen and oxygen atoms in total. The second-order valence-corrected chi connectivity index (χ2v) is 4.47. The van der Waals surface area contributed by atoms with Crippen molar-refractivity contribution in [2.24, 2.45) is 0 Å². The van der Waals surface area contributed by atoms with Crippen LogP contribution in [0.15, 0.2) is 18.2 Å². The van der Waals surface area contributed by atoms with E-state index in [0.717, 1.165) is 13.1 Å². The summed E-state index contributed by atoms with van der Waals surface area (Å²) < 4.78 is 13.3. The lowest BCUT2D eigenvalue weighted by atomic mass is 10.1. The summed E-state index contributed by atoms with van der Waals surface area (Å²) in [6, 6.07) is 4.05. The van der Waals surface area contributed by atoms with E-state index in [1.54, 1.807) is 11.0 Å². The van der Waals surface area contributed by atoms with Crippen LogP contribution in [0.25, 0.3) is 0 Å². The Hall–Kier alpha value is -1.86. The maximum atomic E-state index is 13.3.